The molecule has 70 valence electrons. The van der Waals surface area contributed by atoms with E-state index in [9.17, 15) is 4.79 Å². The number of carbonyl (C=O) groups excluding carboxylic acids is 1. The van der Waals surface area contributed by atoms with Gasteiger partial charge in [0.05, 0.1) is 0 Å². The van der Waals surface area contributed by atoms with Crippen molar-refractivity contribution in [3.8, 4) is 0 Å². The standard InChI is InChI=1S/C6H8Cl3NO2/c1-3-4(11)12-5(10(3)2)6(7,8)9/h3,5H,1-2H3/t3-,5-/m1/s1. The largest absolute Gasteiger partial charge is 0.440 e. The van der Waals surface area contributed by atoms with Crippen molar-refractivity contribution in [3.63, 3.8) is 0 Å². The minimum absolute atomic E-state index is 0.356. The van der Waals surface area contributed by atoms with Crippen molar-refractivity contribution in [2.45, 2.75) is 23.0 Å². The van der Waals surface area contributed by atoms with Gasteiger partial charge >= 0.3 is 5.97 Å². The Bertz CT molecular complexity index is 203. The van der Waals surface area contributed by atoms with Crippen molar-refractivity contribution in [2.24, 2.45) is 0 Å². The Labute approximate surface area is 85.5 Å². The van der Waals surface area contributed by atoms with Crippen molar-refractivity contribution in [1.29, 1.82) is 0 Å². The molecule has 0 bridgehead atoms. The molecule has 0 N–H and O–H groups in total. The molecule has 0 amide bonds. The molecule has 1 aliphatic heterocycles. The lowest BCUT2D eigenvalue weighted by molar-refractivity contribution is -0.142. The van der Waals surface area contributed by atoms with Gasteiger partial charge in [0.25, 0.3) is 0 Å². The van der Waals surface area contributed by atoms with E-state index in [-0.39, 0.29) is 12.0 Å². The second-order valence-corrected chi connectivity index (χ2v) is 5.04. The zero-order chi connectivity index (χ0) is 9.52. The van der Waals surface area contributed by atoms with Crippen LogP contribution in [0.3, 0.4) is 0 Å². The van der Waals surface area contributed by atoms with Gasteiger partial charge < -0.3 is 4.74 Å². The molecule has 12 heavy (non-hydrogen) atoms. The van der Waals surface area contributed by atoms with Gasteiger partial charge in [0, 0.05) is 0 Å². The summed E-state index contributed by atoms with van der Waals surface area (Å²) in [6.07, 6.45) is -0.787. The predicted octanol–water partition coefficient (Wildman–Crippen LogP) is 1.56. The van der Waals surface area contributed by atoms with Gasteiger partial charge in [-0.15, -0.1) is 0 Å². The summed E-state index contributed by atoms with van der Waals surface area (Å²) < 4.78 is 3.25. The summed E-state index contributed by atoms with van der Waals surface area (Å²) in [5, 5.41) is 0. The molecule has 1 fully saturated rings. The van der Waals surface area contributed by atoms with Crippen molar-refractivity contribution in [1.82, 2.24) is 4.90 Å². The number of nitrogens with zero attached hydrogens (tertiary/aromatic N) is 1. The van der Waals surface area contributed by atoms with Crippen LogP contribution in [0.1, 0.15) is 6.92 Å². The number of carbonyl (C=O) groups is 1. The third-order valence-corrected chi connectivity index (χ3v) is 2.39. The zero-order valence-corrected chi connectivity index (χ0v) is 8.82. The smallest absolute Gasteiger partial charge is 0.324 e. The average molecular weight is 232 g/mol. The molecule has 3 nitrogen and oxygen atoms in total. The summed E-state index contributed by atoms with van der Waals surface area (Å²) >= 11 is 16.7. The lowest BCUT2D eigenvalue weighted by Crippen LogP contribution is -2.40. The molecule has 0 aromatic carbocycles. The van der Waals surface area contributed by atoms with Crippen LogP contribution in [0, 0.1) is 0 Å². The highest BCUT2D eigenvalue weighted by atomic mass is 35.6. The molecule has 0 aliphatic carbocycles. The van der Waals surface area contributed by atoms with Crippen LogP contribution < -0.4 is 0 Å². The molecule has 0 saturated carbocycles. The summed E-state index contributed by atoms with van der Waals surface area (Å²) in [7, 11) is 1.67. The number of halogens is 3. The number of esters is 1. The Morgan fingerprint density at radius 3 is 2.17 bits per heavy atom. The van der Waals surface area contributed by atoms with Crippen molar-refractivity contribution in [3.05, 3.63) is 0 Å². The first-order valence-corrected chi connectivity index (χ1v) is 4.46. The van der Waals surface area contributed by atoms with Crippen LogP contribution in [0.5, 0.6) is 0 Å². The van der Waals surface area contributed by atoms with E-state index < -0.39 is 10.0 Å². The van der Waals surface area contributed by atoms with E-state index in [4.69, 9.17) is 39.5 Å². The predicted molar refractivity (Wildman–Crippen MR) is 47.4 cm³/mol. The fourth-order valence-electron chi connectivity index (χ4n) is 0.959. The molecule has 0 aromatic heterocycles. The molecule has 0 aromatic rings. The highest BCUT2D eigenvalue weighted by Gasteiger charge is 2.47. The van der Waals surface area contributed by atoms with Crippen molar-refractivity contribution < 1.29 is 9.53 Å². The van der Waals surface area contributed by atoms with Crippen molar-refractivity contribution >= 4 is 40.8 Å². The quantitative estimate of drug-likeness (QED) is 0.469. The van der Waals surface area contributed by atoms with Crippen LogP contribution in [0.25, 0.3) is 0 Å². The summed E-state index contributed by atoms with van der Waals surface area (Å²) in [5.74, 6) is -0.367. The molecule has 6 heteroatoms. The highest BCUT2D eigenvalue weighted by Crippen LogP contribution is 2.37. The van der Waals surface area contributed by atoms with Gasteiger partial charge in [0.2, 0.25) is 10.0 Å². The zero-order valence-electron chi connectivity index (χ0n) is 6.55. The van der Waals surface area contributed by atoms with Crippen LogP contribution in [0.4, 0.5) is 0 Å². The van der Waals surface area contributed by atoms with Crippen LogP contribution in [0.15, 0.2) is 0 Å². The van der Waals surface area contributed by atoms with Crippen molar-refractivity contribution in [2.75, 3.05) is 7.05 Å². The molecular weight excluding hydrogens is 224 g/mol. The Kier molecular flexibility index (Phi) is 2.78. The molecule has 2 atom stereocenters. The molecule has 1 heterocycles. The number of ether oxygens (including phenoxy) is 1. The maximum atomic E-state index is 11.0. The summed E-state index contributed by atoms with van der Waals surface area (Å²) in [6.45, 7) is 1.69. The van der Waals surface area contributed by atoms with Gasteiger partial charge in [-0.3, -0.25) is 9.69 Å². The number of likely N-dealkylation sites (N-methyl/N-ethyl adjacent to an activating group) is 1. The van der Waals surface area contributed by atoms with Crippen LogP contribution in [-0.2, 0) is 9.53 Å². The first kappa shape index (κ1) is 10.4. The summed E-state index contributed by atoms with van der Waals surface area (Å²) in [5.41, 5.74) is 0. The third kappa shape index (κ3) is 1.79. The van der Waals surface area contributed by atoms with E-state index in [0.717, 1.165) is 0 Å². The summed E-state index contributed by atoms with van der Waals surface area (Å²) in [4.78, 5) is 12.6. The molecule has 0 unspecified atom stereocenters. The first-order chi connectivity index (χ1) is 5.34. The second kappa shape index (κ2) is 3.22. The van der Waals surface area contributed by atoms with Gasteiger partial charge in [-0.05, 0) is 14.0 Å². The fraction of sp³-hybridized carbons (Fsp3) is 0.833. The maximum Gasteiger partial charge on any atom is 0.324 e. The van der Waals surface area contributed by atoms with E-state index >= 15 is 0 Å². The Balaban J connectivity index is 2.78. The van der Waals surface area contributed by atoms with Gasteiger partial charge in [-0.25, -0.2) is 0 Å². The molecule has 1 aliphatic rings. The highest BCUT2D eigenvalue weighted by molar-refractivity contribution is 6.68. The van der Waals surface area contributed by atoms with Crippen LogP contribution >= 0.6 is 34.8 Å². The Hall–Kier alpha value is 0.300. The second-order valence-electron chi connectivity index (χ2n) is 2.67. The van der Waals surface area contributed by atoms with E-state index in [1.807, 2.05) is 0 Å². The molecule has 0 radical (unpaired) electrons. The van der Waals surface area contributed by atoms with E-state index in [1.54, 1.807) is 18.9 Å². The van der Waals surface area contributed by atoms with E-state index in [0.29, 0.717) is 0 Å². The number of hydrogen-bond acceptors (Lipinski definition) is 3. The minimum Gasteiger partial charge on any atom is -0.440 e. The fourth-order valence-corrected chi connectivity index (χ4v) is 1.55. The lowest BCUT2D eigenvalue weighted by atomic mass is 10.3. The SMILES string of the molecule is C[C@@H]1C(=O)O[C@H](C(Cl)(Cl)Cl)N1C. The number of hydrogen-bond donors (Lipinski definition) is 0. The number of cyclic esters (lactones) is 1. The Morgan fingerprint density at radius 2 is 2.00 bits per heavy atom. The van der Waals surface area contributed by atoms with E-state index in [2.05, 4.69) is 0 Å². The van der Waals surface area contributed by atoms with Crippen LogP contribution in [-0.4, -0.2) is 34.0 Å². The normalized spacial score (nSPS) is 32.2. The third-order valence-electron chi connectivity index (χ3n) is 1.83. The van der Waals surface area contributed by atoms with Gasteiger partial charge in [-0.2, -0.15) is 0 Å². The Morgan fingerprint density at radius 1 is 1.50 bits per heavy atom. The number of rotatable bonds is 0. The average Bonchev–Trinajstić information content (AvgIpc) is 2.15. The molecule has 1 saturated heterocycles. The summed E-state index contributed by atoms with van der Waals surface area (Å²) in [6, 6.07) is -0.356. The molecule has 0 spiro atoms. The molecule has 1 rings (SSSR count). The lowest BCUT2D eigenvalue weighted by Gasteiger charge is -2.24. The van der Waals surface area contributed by atoms with E-state index in [1.165, 1.54) is 0 Å². The monoisotopic (exact) mass is 231 g/mol. The topological polar surface area (TPSA) is 29.5 Å². The van der Waals surface area contributed by atoms with Gasteiger partial charge in [0.1, 0.15) is 6.04 Å². The number of alkyl halides is 3. The van der Waals surface area contributed by atoms with Gasteiger partial charge in [-0.1, -0.05) is 34.8 Å². The van der Waals surface area contributed by atoms with Crippen LogP contribution in [0.2, 0.25) is 0 Å². The maximum absolute atomic E-state index is 11.0. The minimum atomic E-state index is -1.59. The molecular formula is C6H8Cl3NO2. The first-order valence-electron chi connectivity index (χ1n) is 3.33. The van der Waals surface area contributed by atoms with Gasteiger partial charge in [0.15, 0.2) is 0 Å².